The summed E-state index contributed by atoms with van der Waals surface area (Å²) in [5.74, 6) is -0.500. The summed E-state index contributed by atoms with van der Waals surface area (Å²) < 4.78 is 10.3. The topological polar surface area (TPSA) is 97.2 Å². The van der Waals surface area contributed by atoms with E-state index in [2.05, 4.69) is 10.5 Å². The van der Waals surface area contributed by atoms with Crippen molar-refractivity contribution in [1.29, 1.82) is 0 Å². The van der Waals surface area contributed by atoms with Gasteiger partial charge >= 0.3 is 5.97 Å². The molecule has 0 unspecified atom stereocenters. The van der Waals surface area contributed by atoms with Crippen molar-refractivity contribution in [2.75, 3.05) is 14.2 Å². The van der Waals surface area contributed by atoms with Crippen molar-refractivity contribution in [3.63, 3.8) is 0 Å². The maximum absolute atomic E-state index is 12.5. The molecule has 0 saturated carbocycles. The van der Waals surface area contributed by atoms with E-state index in [1.54, 1.807) is 43.5 Å². The Hall–Kier alpha value is -4.39. The van der Waals surface area contributed by atoms with Crippen LogP contribution in [0.2, 0.25) is 0 Å². The van der Waals surface area contributed by atoms with Gasteiger partial charge in [0.2, 0.25) is 0 Å². The Kier molecular flexibility index (Phi) is 7.37. The van der Waals surface area contributed by atoms with Crippen LogP contribution in [0.3, 0.4) is 0 Å². The number of carboxylic acids is 1. The fourth-order valence-corrected chi connectivity index (χ4v) is 2.87. The van der Waals surface area contributed by atoms with E-state index in [0.29, 0.717) is 22.8 Å². The Labute approximate surface area is 185 Å². The Morgan fingerprint density at radius 2 is 1.28 bits per heavy atom. The second-order valence-corrected chi connectivity index (χ2v) is 6.62. The number of nitrogens with zero attached hydrogens (tertiary/aromatic N) is 1. The van der Waals surface area contributed by atoms with E-state index in [9.17, 15) is 14.7 Å². The first kappa shape index (κ1) is 22.3. The second kappa shape index (κ2) is 10.6. The average Bonchev–Trinajstić information content (AvgIpc) is 2.84. The number of ether oxygens (including phenoxy) is 2. The summed E-state index contributed by atoms with van der Waals surface area (Å²) in [6.45, 7) is 0. The van der Waals surface area contributed by atoms with Crippen LogP contribution < -0.4 is 14.9 Å². The minimum atomic E-state index is -1.31. The number of carbonyl (C=O) groups excluding carboxylic acids is 1. The van der Waals surface area contributed by atoms with Crippen LogP contribution in [0.25, 0.3) is 0 Å². The van der Waals surface area contributed by atoms with E-state index in [-0.39, 0.29) is 5.70 Å². The fourth-order valence-electron chi connectivity index (χ4n) is 2.87. The molecule has 0 aliphatic carbocycles. The summed E-state index contributed by atoms with van der Waals surface area (Å²) in [5.41, 5.74) is 4.55. The molecule has 0 saturated heterocycles. The van der Waals surface area contributed by atoms with Crippen LogP contribution in [-0.2, 0) is 4.79 Å². The monoisotopic (exact) mass is 430 g/mol. The molecule has 7 nitrogen and oxygen atoms in total. The average molecular weight is 430 g/mol. The summed E-state index contributed by atoms with van der Waals surface area (Å²) >= 11 is 0. The first-order valence-corrected chi connectivity index (χ1v) is 9.68. The maximum Gasteiger partial charge on any atom is 0.353 e. The molecule has 0 fully saturated rings. The number of allylic oxidation sites excluding steroid dienone is 1. The smallest absolute Gasteiger partial charge is 0.353 e. The zero-order valence-electron chi connectivity index (χ0n) is 17.6. The third kappa shape index (κ3) is 5.60. The van der Waals surface area contributed by atoms with Gasteiger partial charge in [0.25, 0.3) is 0 Å². The highest BCUT2D eigenvalue weighted by atomic mass is 16.5. The predicted molar refractivity (Wildman–Crippen MR) is 121 cm³/mol. The molecule has 3 rings (SSSR count). The summed E-state index contributed by atoms with van der Waals surface area (Å²) in [7, 11) is 3.10. The molecule has 0 heterocycles. The number of hydrogen-bond acceptors (Lipinski definition) is 6. The van der Waals surface area contributed by atoms with Crippen molar-refractivity contribution in [2.45, 2.75) is 0 Å². The molecule has 0 spiro atoms. The normalized spacial score (nSPS) is 11.6. The van der Waals surface area contributed by atoms with E-state index in [4.69, 9.17) is 9.47 Å². The number of hydrogen-bond donors (Lipinski definition) is 2. The van der Waals surface area contributed by atoms with Crippen LogP contribution in [0.1, 0.15) is 21.5 Å². The number of aliphatic carboxylic acids is 1. The molecule has 0 aliphatic heterocycles. The van der Waals surface area contributed by atoms with Gasteiger partial charge < -0.3 is 14.6 Å². The molecule has 0 amide bonds. The second-order valence-electron chi connectivity index (χ2n) is 6.62. The number of hydrazone groups is 1. The van der Waals surface area contributed by atoms with E-state index < -0.39 is 11.8 Å². The quantitative estimate of drug-likeness (QED) is 0.231. The van der Waals surface area contributed by atoms with Gasteiger partial charge in [-0.25, -0.2) is 4.79 Å². The summed E-state index contributed by atoms with van der Waals surface area (Å²) in [6.07, 6.45) is 1.00. The van der Waals surface area contributed by atoms with E-state index in [1.807, 2.05) is 42.5 Å². The molecule has 2 N–H and O–H groups in total. The molecule has 3 aromatic carbocycles. The van der Waals surface area contributed by atoms with E-state index >= 15 is 0 Å². The number of methoxy groups -OCH3 is 2. The Morgan fingerprint density at radius 3 is 1.78 bits per heavy atom. The third-order valence-corrected chi connectivity index (χ3v) is 4.58. The van der Waals surface area contributed by atoms with Crippen LogP contribution in [0.5, 0.6) is 11.5 Å². The minimum Gasteiger partial charge on any atom is -0.497 e. The molecular formula is C25H22N2O5. The number of nitrogens with one attached hydrogen (secondary N) is 1. The molecule has 7 heteroatoms. The molecule has 0 radical (unpaired) electrons. The number of rotatable bonds is 9. The first-order chi connectivity index (χ1) is 15.5. The molecule has 162 valence electrons. The van der Waals surface area contributed by atoms with E-state index in [1.165, 1.54) is 7.11 Å². The lowest BCUT2D eigenvalue weighted by Gasteiger charge is -2.10. The van der Waals surface area contributed by atoms with Crippen molar-refractivity contribution in [2.24, 2.45) is 5.10 Å². The molecular weight excluding hydrogens is 408 g/mol. The Morgan fingerprint density at radius 1 is 0.781 bits per heavy atom. The van der Waals surface area contributed by atoms with Crippen LogP contribution in [0.15, 0.2) is 95.7 Å². The SMILES string of the molecule is COc1ccc(C(=O)C=C(NN=C(c2ccccc2)c2ccc(OC)cc2)C(=O)O)cc1. The molecule has 0 aliphatic rings. The van der Waals surface area contributed by atoms with Gasteiger partial charge in [-0.1, -0.05) is 30.3 Å². The summed E-state index contributed by atoms with van der Waals surface area (Å²) in [4.78, 5) is 24.3. The van der Waals surface area contributed by atoms with Gasteiger partial charge in [0.1, 0.15) is 17.2 Å². The van der Waals surface area contributed by atoms with Crippen molar-refractivity contribution in [3.05, 3.63) is 107 Å². The van der Waals surface area contributed by atoms with Crippen molar-refractivity contribution in [1.82, 2.24) is 5.43 Å². The van der Waals surface area contributed by atoms with Crippen LogP contribution in [-0.4, -0.2) is 36.8 Å². The van der Waals surface area contributed by atoms with Crippen molar-refractivity contribution in [3.8, 4) is 11.5 Å². The lowest BCUT2D eigenvalue weighted by Crippen LogP contribution is -2.19. The van der Waals surface area contributed by atoms with Gasteiger partial charge in [0.05, 0.1) is 19.9 Å². The lowest BCUT2D eigenvalue weighted by atomic mass is 10.0. The maximum atomic E-state index is 12.5. The van der Waals surface area contributed by atoms with Gasteiger partial charge in [-0.05, 0) is 48.5 Å². The van der Waals surface area contributed by atoms with Gasteiger partial charge in [-0.3, -0.25) is 10.2 Å². The number of ketones is 1. The third-order valence-electron chi connectivity index (χ3n) is 4.58. The number of benzene rings is 3. The summed E-state index contributed by atoms with van der Waals surface area (Å²) in [5, 5.41) is 13.9. The minimum absolute atomic E-state index is 0.328. The van der Waals surface area contributed by atoms with Crippen LogP contribution in [0.4, 0.5) is 0 Å². The zero-order chi connectivity index (χ0) is 22.9. The first-order valence-electron chi connectivity index (χ1n) is 9.68. The van der Waals surface area contributed by atoms with Gasteiger partial charge in [-0.15, -0.1) is 0 Å². The highest BCUT2D eigenvalue weighted by Crippen LogP contribution is 2.16. The number of carboxylic acid groups (broad SMARTS) is 1. The Balaban J connectivity index is 1.93. The molecule has 0 bridgehead atoms. The van der Waals surface area contributed by atoms with Gasteiger partial charge in [-0.2, -0.15) is 5.10 Å². The standard InChI is InChI=1S/C25H22N2O5/c1-31-20-12-8-17(9-13-20)23(28)16-22(25(29)30)26-27-24(18-6-4-3-5-7-18)19-10-14-21(32-2)15-11-19/h3-16,26H,1-2H3,(H,29,30). The molecule has 0 atom stereocenters. The zero-order valence-corrected chi connectivity index (χ0v) is 17.6. The van der Waals surface area contributed by atoms with Crippen LogP contribution in [0, 0.1) is 0 Å². The summed E-state index contributed by atoms with van der Waals surface area (Å²) in [6, 6.07) is 22.9. The molecule has 0 aromatic heterocycles. The molecule has 32 heavy (non-hydrogen) atoms. The predicted octanol–water partition coefficient (Wildman–Crippen LogP) is 3.90. The highest BCUT2D eigenvalue weighted by Gasteiger charge is 2.13. The van der Waals surface area contributed by atoms with Crippen LogP contribution >= 0.6 is 0 Å². The van der Waals surface area contributed by atoms with Crippen molar-refractivity contribution < 1.29 is 24.2 Å². The van der Waals surface area contributed by atoms with Crippen molar-refractivity contribution >= 4 is 17.5 Å². The largest absolute Gasteiger partial charge is 0.497 e. The highest BCUT2D eigenvalue weighted by molar-refractivity contribution is 6.13. The number of carbonyl (C=O) groups is 2. The van der Waals surface area contributed by atoms with E-state index in [0.717, 1.165) is 17.2 Å². The van der Waals surface area contributed by atoms with Gasteiger partial charge in [0, 0.05) is 22.8 Å². The molecule has 3 aromatic rings. The fraction of sp³-hybridized carbons (Fsp3) is 0.0800. The Bertz CT molecular complexity index is 1140. The lowest BCUT2D eigenvalue weighted by molar-refractivity contribution is -0.133. The van der Waals surface area contributed by atoms with Gasteiger partial charge in [0.15, 0.2) is 5.78 Å².